The minimum Gasteiger partial charge on any atom is -0.478 e. The number of carboxylic acid groups (broad SMARTS) is 1. The second-order valence-corrected chi connectivity index (χ2v) is 3.63. The molecule has 0 aliphatic rings. The number of ketones is 1. The van der Waals surface area contributed by atoms with E-state index in [1.54, 1.807) is 12.1 Å². The van der Waals surface area contributed by atoms with Gasteiger partial charge in [-0.1, -0.05) is 18.2 Å². The van der Waals surface area contributed by atoms with E-state index in [0.717, 1.165) is 0 Å². The quantitative estimate of drug-likeness (QED) is 0.774. The normalized spacial score (nSPS) is 10.4. The van der Waals surface area contributed by atoms with Crippen molar-refractivity contribution >= 4 is 11.8 Å². The van der Waals surface area contributed by atoms with Crippen LogP contribution in [0.1, 0.15) is 34.6 Å². The van der Waals surface area contributed by atoms with Crippen LogP contribution in [0.2, 0.25) is 0 Å². The number of aromatic carboxylic acids is 1. The topological polar surface area (TPSA) is 63.6 Å². The number of hydrogen-bond donors (Lipinski definition) is 1. The number of carbonyl (C=O) groups excluding carboxylic acids is 1. The van der Waals surface area contributed by atoms with Gasteiger partial charge in [0.05, 0.1) is 11.7 Å². The van der Waals surface area contributed by atoms with Crippen LogP contribution in [0.4, 0.5) is 0 Å². The number of ether oxygens (including phenoxy) is 1. The van der Waals surface area contributed by atoms with Gasteiger partial charge in [0.25, 0.3) is 0 Å². The minimum absolute atomic E-state index is 0.0138. The van der Waals surface area contributed by atoms with Gasteiger partial charge in [-0.25, -0.2) is 4.79 Å². The van der Waals surface area contributed by atoms with Crippen molar-refractivity contribution in [1.82, 2.24) is 0 Å². The minimum atomic E-state index is -1.10. The molecule has 1 N–H and O–H groups in total. The average Bonchev–Trinajstić information content (AvgIpc) is 2.25. The molecule has 0 atom stereocenters. The van der Waals surface area contributed by atoms with E-state index in [2.05, 4.69) is 0 Å². The molecule has 0 amide bonds. The van der Waals surface area contributed by atoms with Gasteiger partial charge >= 0.3 is 5.97 Å². The van der Waals surface area contributed by atoms with E-state index in [-0.39, 0.29) is 29.6 Å². The third kappa shape index (κ3) is 3.17. The van der Waals surface area contributed by atoms with Crippen LogP contribution in [-0.4, -0.2) is 29.6 Å². The largest absolute Gasteiger partial charge is 0.478 e. The Morgan fingerprint density at radius 1 is 1.25 bits per heavy atom. The van der Waals surface area contributed by atoms with Crippen LogP contribution in [0.3, 0.4) is 0 Å². The molecule has 0 heterocycles. The predicted molar refractivity (Wildman–Crippen MR) is 58.8 cm³/mol. The lowest BCUT2D eigenvalue weighted by Gasteiger charge is -2.08. The van der Waals surface area contributed by atoms with Crippen LogP contribution in [0, 0.1) is 0 Å². The Hall–Kier alpha value is -1.68. The SMILES string of the molecule is CC(C)OCC(=O)c1ccccc1C(=O)O. The van der Waals surface area contributed by atoms with E-state index in [4.69, 9.17) is 9.84 Å². The van der Waals surface area contributed by atoms with Crippen LogP contribution in [0.5, 0.6) is 0 Å². The molecule has 0 fully saturated rings. The summed E-state index contributed by atoms with van der Waals surface area (Å²) in [5.41, 5.74) is 0.204. The first-order chi connectivity index (χ1) is 7.52. The zero-order valence-electron chi connectivity index (χ0n) is 9.27. The molecule has 1 aromatic rings. The Labute approximate surface area is 93.9 Å². The molecule has 0 spiro atoms. The second-order valence-electron chi connectivity index (χ2n) is 3.63. The summed E-state index contributed by atoms with van der Waals surface area (Å²) in [7, 11) is 0. The van der Waals surface area contributed by atoms with Crippen molar-refractivity contribution < 1.29 is 19.4 Å². The highest BCUT2D eigenvalue weighted by Gasteiger charge is 2.15. The number of Topliss-reactive ketones (excluding diaryl/α,β-unsaturated/α-hetero) is 1. The lowest BCUT2D eigenvalue weighted by molar-refractivity contribution is 0.0576. The van der Waals surface area contributed by atoms with Crippen LogP contribution in [0.15, 0.2) is 24.3 Å². The summed E-state index contributed by atoms with van der Waals surface area (Å²) >= 11 is 0. The van der Waals surface area contributed by atoms with Gasteiger partial charge in [0.15, 0.2) is 5.78 Å². The molecule has 1 rings (SSSR count). The molecule has 4 nitrogen and oxygen atoms in total. The lowest BCUT2D eigenvalue weighted by atomic mass is 10.0. The first-order valence-electron chi connectivity index (χ1n) is 4.99. The number of rotatable bonds is 5. The molecule has 4 heteroatoms. The van der Waals surface area contributed by atoms with Crippen molar-refractivity contribution in [3.63, 3.8) is 0 Å². The lowest BCUT2D eigenvalue weighted by Crippen LogP contribution is -2.16. The summed E-state index contributed by atoms with van der Waals surface area (Å²) in [5, 5.41) is 8.90. The number of carboxylic acids is 1. The molecule has 0 unspecified atom stereocenters. The van der Waals surface area contributed by atoms with Crippen LogP contribution in [-0.2, 0) is 4.74 Å². The molecule has 0 aliphatic heterocycles. The molecule has 0 bridgehead atoms. The standard InChI is InChI=1S/C12H14O4/c1-8(2)16-7-11(13)9-5-3-4-6-10(9)12(14)15/h3-6,8H,7H2,1-2H3,(H,14,15). The van der Waals surface area contributed by atoms with E-state index < -0.39 is 5.97 Å². The van der Waals surface area contributed by atoms with Crippen molar-refractivity contribution in [2.24, 2.45) is 0 Å². The molecule has 1 aromatic carbocycles. The van der Waals surface area contributed by atoms with Gasteiger partial charge in [-0.3, -0.25) is 4.79 Å². The number of benzene rings is 1. The smallest absolute Gasteiger partial charge is 0.336 e. The molecule has 0 saturated carbocycles. The van der Waals surface area contributed by atoms with Crippen LogP contribution in [0.25, 0.3) is 0 Å². The Balaban J connectivity index is 2.86. The molecule has 16 heavy (non-hydrogen) atoms. The van der Waals surface area contributed by atoms with Crippen molar-refractivity contribution in [2.45, 2.75) is 20.0 Å². The third-order valence-corrected chi connectivity index (χ3v) is 2.01. The highest BCUT2D eigenvalue weighted by Crippen LogP contribution is 2.10. The van der Waals surface area contributed by atoms with E-state index in [1.165, 1.54) is 12.1 Å². The number of hydrogen-bond acceptors (Lipinski definition) is 3. The van der Waals surface area contributed by atoms with Gasteiger partial charge < -0.3 is 9.84 Å². The first-order valence-corrected chi connectivity index (χ1v) is 4.99. The maximum Gasteiger partial charge on any atom is 0.336 e. The molecule has 0 radical (unpaired) electrons. The van der Waals surface area contributed by atoms with Crippen LogP contribution >= 0.6 is 0 Å². The van der Waals surface area contributed by atoms with Gasteiger partial charge in [0.2, 0.25) is 0 Å². The predicted octanol–water partition coefficient (Wildman–Crippen LogP) is 1.99. The Morgan fingerprint density at radius 3 is 2.31 bits per heavy atom. The van der Waals surface area contributed by atoms with Gasteiger partial charge in [0.1, 0.15) is 6.61 Å². The fraction of sp³-hybridized carbons (Fsp3) is 0.333. The van der Waals surface area contributed by atoms with Gasteiger partial charge in [-0.2, -0.15) is 0 Å². The van der Waals surface area contributed by atoms with Crippen LogP contribution < -0.4 is 0 Å². The summed E-state index contributed by atoms with van der Waals surface area (Å²) in [4.78, 5) is 22.6. The second kappa shape index (κ2) is 5.42. The van der Waals surface area contributed by atoms with Gasteiger partial charge in [0, 0.05) is 5.56 Å². The zero-order valence-corrected chi connectivity index (χ0v) is 9.27. The highest BCUT2D eigenvalue weighted by atomic mass is 16.5. The van der Waals surface area contributed by atoms with Gasteiger partial charge in [-0.05, 0) is 19.9 Å². The molecule has 0 aliphatic carbocycles. The number of carbonyl (C=O) groups is 2. The van der Waals surface area contributed by atoms with E-state index in [1.807, 2.05) is 13.8 Å². The fourth-order valence-electron chi connectivity index (χ4n) is 1.23. The molecule has 0 aromatic heterocycles. The summed E-state index contributed by atoms with van der Waals surface area (Å²) in [6, 6.07) is 6.12. The molecule has 0 saturated heterocycles. The summed E-state index contributed by atoms with van der Waals surface area (Å²) in [6.07, 6.45) is -0.0547. The molecular formula is C12H14O4. The maximum absolute atomic E-state index is 11.7. The Morgan fingerprint density at radius 2 is 1.81 bits per heavy atom. The first kappa shape index (κ1) is 12.4. The highest BCUT2D eigenvalue weighted by molar-refractivity contribution is 6.06. The monoisotopic (exact) mass is 222 g/mol. The van der Waals surface area contributed by atoms with Crippen molar-refractivity contribution in [2.75, 3.05) is 6.61 Å². The zero-order chi connectivity index (χ0) is 12.1. The van der Waals surface area contributed by atoms with E-state index in [9.17, 15) is 9.59 Å². The molecular weight excluding hydrogens is 208 g/mol. The van der Waals surface area contributed by atoms with Crippen molar-refractivity contribution in [3.05, 3.63) is 35.4 Å². The van der Waals surface area contributed by atoms with Crippen molar-refractivity contribution in [3.8, 4) is 0 Å². The van der Waals surface area contributed by atoms with Crippen molar-refractivity contribution in [1.29, 1.82) is 0 Å². The Kier molecular flexibility index (Phi) is 4.19. The molecule has 86 valence electrons. The van der Waals surface area contributed by atoms with E-state index >= 15 is 0 Å². The summed E-state index contributed by atoms with van der Waals surface area (Å²) in [5.74, 6) is -1.42. The fourth-order valence-corrected chi connectivity index (χ4v) is 1.23. The van der Waals surface area contributed by atoms with Gasteiger partial charge in [-0.15, -0.1) is 0 Å². The Bertz CT molecular complexity index is 396. The summed E-state index contributed by atoms with van der Waals surface area (Å²) < 4.78 is 5.15. The third-order valence-electron chi connectivity index (χ3n) is 2.01. The summed E-state index contributed by atoms with van der Waals surface area (Å²) in [6.45, 7) is 3.54. The van der Waals surface area contributed by atoms with E-state index in [0.29, 0.717) is 0 Å². The maximum atomic E-state index is 11.7. The average molecular weight is 222 g/mol.